The van der Waals surface area contributed by atoms with Crippen molar-refractivity contribution in [3.8, 4) is 11.8 Å². The fourth-order valence-electron chi connectivity index (χ4n) is 6.04. The Morgan fingerprint density at radius 1 is 1.17 bits per heavy atom. The number of hydrogen-bond acceptors (Lipinski definition) is 5. The first-order valence-electron chi connectivity index (χ1n) is 11.9. The summed E-state index contributed by atoms with van der Waals surface area (Å²) in [5.41, 5.74) is 3.76. The summed E-state index contributed by atoms with van der Waals surface area (Å²) >= 11 is 0. The van der Waals surface area contributed by atoms with Crippen molar-refractivity contribution in [2.24, 2.45) is 5.41 Å². The molecule has 0 saturated carbocycles. The van der Waals surface area contributed by atoms with Gasteiger partial charge in [-0.3, -0.25) is 15.1 Å². The summed E-state index contributed by atoms with van der Waals surface area (Å²) in [6.07, 6.45) is 4.51. The van der Waals surface area contributed by atoms with Gasteiger partial charge >= 0.3 is 0 Å². The monoisotopic (exact) mass is 475 g/mol. The fraction of sp³-hybridized carbons (Fsp3) is 0.241. The molecule has 0 fully saturated rings. The van der Waals surface area contributed by atoms with E-state index >= 15 is 0 Å². The van der Waals surface area contributed by atoms with Gasteiger partial charge in [0.25, 0.3) is 0 Å². The summed E-state index contributed by atoms with van der Waals surface area (Å²) in [5, 5.41) is 13.5. The number of amides is 1. The second kappa shape index (κ2) is 8.06. The Labute approximate surface area is 209 Å². The van der Waals surface area contributed by atoms with Crippen molar-refractivity contribution in [3.63, 3.8) is 0 Å². The van der Waals surface area contributed by atoms with E-state index in [0.717, 1.165) is 39.4 Å². The highest BCUT2D eigenvalue weighted by molar-refractivity contribution is 5.96. The maximum atomic E-state index is 13.9. The lowest BCUT2D eigenvalue weighted by molar-refractivity contribution is -0.127. The lowest BCUT2D eigenvalue weighted by atomic mass is 9.48. The number of rotatable bonds is 5. The number of carbonyl (C=O) groups is 1. The molecule has 36 heavy (non-hydrogen) atoms. The topological polar surface area (TPSA) is 104 Å². The molecule has 7 nitrogen and oxygen atoms in total. The maximum absolute atomic E-state index is 13.9. The molecule has 7 heteroatoms. The first-order chi connectivity index (χ1) is 17.5. The molecule has 0 radical (unpaired) electrons. The van der Waals surface area contributed by atoms with Crippen LogP contribution in [-0.2, 0) is 16.6 Å². The van der Waals surface area contributed by atoms with E-state index in [2.05, 4.69) is 26.3 Å². The van der Waals surface area contributed by atoms with Crippen LogP contribution in [0.25, 0.3) is 0 Å². The lowest BCUT2D eigenvalue weighted by Gasteiger charge is -2.53. The van der Waals surface area contributed by atoms with Crippen molar-refractivity contribution in [1.29, 1.82) is 5.26 Å². The Morgan fingerprint density at radius 2 is 1.94 bits per heavy atom. The smallest absolute Gasteiger partial charge is 0.233 e. The summed E-state index contributed by atoms with van der Waals surface area (Å²) in [6.45, 7) is 1.95. The van der Waals surface area contributed by atoms with Crippen LogP contribution in [0.2, 0.25) is 0 Å². The van der Waals surface area contributed by atoms with Gasteiger partial charge in [0, 0.05) is 24.7 Å². The molecule has 0 spiro atoms. The molecule has 3 unspecified atom stereocenters. The van der Waals surface area contributed by atoms with E-state index in [0.29, 0.717) is 18.8 Å². The number of benzene rings is 2. The molecular formula is C29H25N5O2. The molecule has 2 heterocycles. The quantitative estimate of drug-likeness (QED) is 0.435. The van der Waals surface area contributed by atoms with Crippen LogP contribution in [0.1, 0.15) is 52.9 Å². The minimum atomic E-state index is -0.975. The predicted octanol–water partition coefficient (Wildman–Crippen LogP) is 4.71. The summed E-state index contributed by atoms with van der Waals surface area (Å²) in [5.74, 6) is 0.831. The van der Waals surface area contributed by atoms with Crippen LogP contribution in [0.4, 0.5) is 5.95 Å². The number of methoxy groups -OCH3 is 1. The van der Waals surface area contributed by atoms with Crippen molar-refractivity contribution in [2.75, 3.05) is 12.4 Å². The third kappa shape index (κ3) is 3.14. The first kappa shape index (κ1) is 22.1. The van der Waals surface area contributed by atoms with Gasteiger partial charge in [-0.2, -0.15) is 5.26 Å². The molecule has 0 saturated heterocycles. The van der Waals surface area contributed by atoms with Crippen molar-refractivity contribution in [2.45, 2.75) is 31.1 Å². The van der Waals surface area contributed by atoms with E-state index in [1.807, 2.05) is 67.6 Å². The average Bonchev–Trinajstić information content (AvgIpc) is 3.35. The molecule has 4 aromatic rings. The van der Waals surface area contributed by atoms with Crippen LogP contribution in [0.15, 0.2) is 73.1 Å². The van der Waals surface area contributed by atoms with Crippen LogP contribution in [-0.4, -0.2) is 28.0 Å². The predicted molar refractivity (Wildman–Crippen MR) is 135 cm³/mol. The number of aromatic nitrogens is 3. The van der Waals surface area contributed by atoms with Crippen molar-refractivity contribution in [1.82, 2.24) is 15.0 Å². The largest absolute Gasteiger partial charge is 0.497 e. The van der Waals surface area contributed by atoms with E-state index in [4.69, 9.17) is 4.74 Å². The number of imidazole rings is 1. The van der Waals surface area contributed by atoms with Crippen molar-refractivity contribution >= 4 is 11.9 Å². The fourth-order valence-corrected chi connectivity index (χ4v) is 6.04. The zero-order valence-electron chi connectivity index (χ0n) is 20.1. The number of H-pyrrole nitrogens is 1. The molecule has 3 aliphatic carbocycles. The van der Waals surface area contributed by atoms with E-state index in [1.165, 1.54) is 0 Å². The van der Waals surface area contributed by atoms with Crippen LogP contribution < -0.4 is 10.1 Å². The van der Waals surface area contributed by atoms with Gasteiger partial charge in [0.2, 0.25) is 11.9 Å². The SMILES string of the molecule is COc1ccc(Cc2c[nH]c(NC(=O)C3(C)CC4(C#N)c5ccccc5C3c3cccnc34)n2)cc1. The minimum absolute atomic E-state index is 0.165. The van der Waals surface area contributed by atoms with Gasteiger partial charge in [0.05, 0.1) is 30.0 Å². The third-order valence-electron chi connectivity index (χ3n) is 7.67. The number of carbonyl (C=O) groups excluding carboxylic acids is 1. The average molecular weight is 476 g/mol. The number of ether oxygens (including phenoxy) is 1. The zero-order valence-corrected chi connectivity index (χ0v) is 20.1. The van der Waals surface area contributed by atoms with Gasteiger partial charge in [-0.15, -0.1) is 0 Å². The first-order valence-corrected chi connectivity index (χ1v) is 11.9. The second-order valence-corrected chi connectivity index (χ2v) is 9.79. The molecule has 2 aromatic carbocycles. The van der Waals surface area contributed by atoms with Gasteiger partial charge in [0.15, 0.2) is 0 Å². The molecule has 2 aromatic heterocycles. The minimum Gasteiger partial charge on any atom is -0.497 e. The van der Waals surface area contributed by atoms with Gasteiger partial charge in [-0.05, 0) is 53.8 Å². The van der Waals surface area contributed by atoms with Gasteiger partial charge < -0.3 is 9.72 Å². The Morgan fingerprint density at radius 3 is 2.72 bits per heavy atom. The summed E-state index contributed by atoms with van der Waals surface area (Å²) in [6, 6.07) is 22.2. The number of nitriles is 1. The number of nitrogens with zero attached hydrogens (tertiary/aromatic N) is 3. The molecule has 7 rings (SSSR count). The normalized spacial score (nSPS) is 23.3. The third-order valence-corrected chi connectivity index (χ3v) is 7.67. The number of pyridine rings is 1. The maximum Gasteiger partial charge on any atom is 0.233 e. The Bertz CT molecular complexity index is 1470. The molecule has 3 atom stereocenters. The highest BCUT2D eigenvalue weighted by atomic mass is 16.5. The number of fused-ring (bicyclic) bond motifs is 1. The van der Waals surface area contributed by atoms with Crippen LogP contribution in [0.3, 0.4) is 0 Å². The highest BCUT2D eigenvalue weighted by Crippen LogP contribution is 2.63. The molecule has 1 amide bonds. The van der Waals surface area contributed by atoms with Crippen LogP contribution in [0.5, 0.6) is 5.75 Å². The lowest BCUT2D eigenvalue weighted by Crippen LogP contribution is -2.54. The zero-order chi connectivity index (χ0) is 24.9. The van der Waals surface area contributed by atoms with E-state index in [9.17, 15) is 10.1 Å². The summed E-state index contributed by atoms with van der Waals surface area (Å²) in [4.78, 5) is 26.2. The number of aromatic amines is 1. The standard InChI is InChI=1S/C29H25N5O2/c1-28(26(35)34-27-32-15-19(33-27)14-18-9-11-20(36-2)12-10-18)16-29(17-30)23-8-4-3-6-21(23)24(28)22-7-5-13-31-25(22)29/h3-13,15,24H,14,16H2,1-2H3,(H2,32,33,34,35). The summed E-state index contributed by atoms with van der Waals surface area (Å²) < 4.78 is 5.22. The van der Waals surface area contributed by atoms with E-state index in [1.54, 1.807) is 19.5 Å². The van der Waals surface area contributed by atoms with Crippen LogP contribution in [0, 0.1) is 16.7 Å². The van der Waals surface area contributed by atoms with Gasteiger partial charge in [0.1, 0.15) is 11.2 Å². The Kier molecular flexibility index (Phi) is 4.94. The Balaban J connectivity index is 1.31. The molecule has 3 aliphatic rings. The highest BCUT2D eigenvalue weighted by Gasteiger charge is 2.61. The van der Waals surface area contributed by atoms with Crippen LogP contribution >= 0.6 is 0 Å². The number of nitrogens with one attached hydrogen (secondary N) is 2. The summed E-state index contributed by atoms with van der Waals surface area (Å²) in [7, 11) is 1.64. The van der Waals surface area contributed by atoms with Crippen molar-refractivity contribution in [3.05, 3.63) is 107 Å². The molecule has 178 valence electrons. The van der Waals surface area contributed by atoms with E-state index in [-0.39, 0.29) is 11.8 Å². The van der Waals surface area contributed by atoms with Gasteiger partial charge in [-0.1, -0.05) is 42.5 Å². The number of anilines is 1. The second-order valence-electron chi connectivity index (χ2n) is 9.79. The Hall–Kier alpha value is -4.44. The van der Waals surface area contributed by atoms with Crippen molar-refractivity contribution < 1.29 is 9.53 Å². The molecule has 0 aliphatic heterocycles. The molecular weight excluding hydrogens is 450 g/mol. The molecule has 2 bridgehead atoms. The number of hydrogen-bond donors (Lipinski definition) is 2. The van der Waals surface area contributed by atoms with E-state index < -0.39 is 10.8 Å². The molecule has 2 N–H and O–H groups in total. The van der Waals surface area contributed by atoms with Gasteiger partial charge in [-0.25, -0.2) is 4.98 Å².